The van der Waals surface area contributed by atoms with E-state index in [1.807, 2.05) is 12.1 Å². The van der Waals surface area contributed by atoms with Gasteiger partial charge in [-0.25, -0.2) is 0 Å². The van der Waals surface area contributed by atoms with Gasteiger partial charge in [-0.2, -0.15) is 0 Å². The molecule has 0 spiro atoms. The number of nitrogens with one attached hydrogen (secondary N) is 2. The molecule has 0 saturated carbocycles. The van der Waals surface area contributed by atoms with E-state index in [1.54, 1.807) is 0 Å². The molecule has 0 aliphatic carbocycles. The Kier molecular flexibility index (Phi) is 5.56. The number of anilines is 1. The van der Waals surface area contributed by atoms with E-state index in [2.05, 4.69) is 48.4 Å². The highest BCUT2D eigenvalue weighted by Crippen LogP contribution is 2.15. The van der Waals surface area contributed by atoms with E-state index in [-0.39, 0.29) is 5.54 Å². The minimum atomic E-state index is 0.0583. The first-order valence-corrected chi connectivity index (χ1v) is 7.82. The molecule has 0 unspecified atom stereocenters. The molecule has 0 aromatic heterocycles. The Balaban J connectivity index is 1.81. The molecule has 1 aliphatic heterocycles. The van der Waals surface area contributed by atoms with Crippen molar-refractivity contribution in [1.29, 1.82) is 0 Å². The fourth-order valence-corrected chi connectivity index (χ4v) is 2.58. The van der Waals surface area contributed by atoms with Crippen molar-refractivity contribution in [2.24, 2.45) is 0 Å². The molecule has 1 aromatic rings. The van der Waals surface area contributed by atoms with Crippen LogP contribution in [-0.2, 0) is 4.74 Å². The van der Waals surface area contributed by atoms with Gasteiger partial charge in [-0.05, 0) is 45.1 Å². The molecule has 2 N–H and O–H groups in total. The molecule has 0 bridgehead atoms. The number of aryl methyl sites for hydroxylation is 1. The fraction of sp³-hybridized carbons (Fsp3) is 0.562. The largest absolute Gasteiger partial charge is 0.379 e. The summed E-state index contributed by atoms with van der Waals surface area (Å²) in [6, 6.07) is 8.22. The van der Waals surface area contributed by atoms with Gasteiger partial charge in [-0.3, -0.25) is 4.90 Å². The molecule has 1 heterocycles. The van der Waals surface area contributed by atoms with Gasteiger partial charge in [0.15, 0.2) is 5.11 Å². The SMILES string of the molecule is Cc1ccc(NC(=S)NCC(C)(C)N2CCOCC2)cc1. The lowest BCUT2D eigenvalue weighted by Gasteiger charge is -2.41. The Morgan fingerprint density at radius 3 is 2.48 bits per heavy atom. The standard InChI is InChI=1S/C16H25N3OS/c1-13-4-6-14(7-5-13)18-15(21)17-12-16(2,3)19-8-10-20-11-9-19/h4-7H,8-12H2,1-3H3,(H2,17,18,21). The summed E-state index contributed by atoms with van der Waals surface area (Å²) in [6.45, 7) is 10.9. The molecule has 1 aliphatic rings. The first kappa shape index (κ1) is 16.2. The highest BCUT2D eigenvalue weighted by atomic mass is 32.1. The third kappa shape index (κ3) is 4.95. The number of morpholine rings is 1. The van der Waals surface area contributed by atoms with E-state index in [1.165, 1.54) is 5.56 Å². The minimum absolute atomic E-state index is 0.0583. The zero-order chi connectivity index (χ0) is 15.3. The van der Waals surface area contributed by atoms with Gasteiger partial charge in [0.05, 0.1) is 13.2 Å². The van der Waals surface area contributed by atoms with E-state index in [0.29, 0.717) is 5.11 Å². The van der Waals surface area contributed by atoms with Crippen molar-refractivity contribution in [3.8, 4) is 0 Å². The second kappa shape index (κ2) is 7.20. The predicted molar refractivity (Wildman–Crippen MR) is 91.9 cm³/mol. The molecule has 2 rings (SSSR count). The van der Waals surface area contributed by atoms with Crippen LogP contribution in [0.25, 0.3) is 0 Å². The van der Waals surface area contributed by atoms with Crippen LogP contribution in [0.3, 0.4) is 0 Å². The third-order valence-electron chi connectivity index (χ3n) is 3.86. The van der Waals surface area contributed by atoms with Gasteiger partial charge in [-0.1, -0.05) is 17.7 Å². The van der Waals surface area contributed by atoms with Crippen LogP contribution in [-0.4, -0.2) is 48.4 Å². The summed E-state index contributed by atoms with van der Waals surface area (Å²) in [5.74, 6) is 0. The van der Waals surface area contributed by atoms with Crippen molar-refractivity contribution in [3.05, 3.63) is 29.8 Å². The van der Waals surface area contributed by atoms with Crippen molar-refractivity contribution in [3.63, 3.8) is 0 Å². The molecule has 0 atom stereocenters. The van der Waals surface area contributed by atoms with Crippen molar-refractivity contribution in [2.75, 3.05) is 38.2 Å². The smallest absolute Gasteiger partial charge is 0.170 e. The summed E-state index contributed by atoms with van der Waals surface area (Å²) in [4.78, 5) is 2.44. The number of hydrogen-bond acceptors (Lipinski definition) is 3. The van der Waals surface area contributed by atoms with Crippen LogP contribution in [0, 0.1) is 6.92 Å². The Morgan fingerprint density at radius 1 is 1.24 bits per heavy atom. The molecule has 1 aromatic carbocycles. The zero-order valence-electron chi connectivity index (χ0n) is 13.1. The molecule has 0 amide bonds. The van der Waals surface area contributed by atoms with Crippen LogP contribution in [0.1, 0.15) is 19.4 Å². The van der Waals surface area contributed by atoms with E-state index in [9.17, 15) is 0 Å². The maximum absolute atomic E-state index is 5.41. The first-order valence-electron chi connectivity index (χ1n) is 7.42. The predicted octanol–water partition coefficient (Wildman–Crippen LogP) is 2.39. The number of rotatable bonds is 4. The van der Waals surface area contributed by atoms with Crippen molar-refractivity contribution in [1.82, 2.24) is 10.2 Å². The van der Waals surface area contributed by atoms with Crippen LogP contribution in [0.2, 0.25) is 0 Å². The lowest BCUT2D eigenvalue weighted by atomic mass is 10.0. The van der Waals surface area contributed by atoms with Gasteiger partial charge < -0.3 is 15.4 Å². The molecule has 1 saturated heterocycles. The monoisotopic (exact) mass is 307 g/mol. The Morgan fingerprint density at radius 2 is 1.86 bits per heavy atom. The second-order valence-corrected chi connectivity index (χ2v) is 6.49. The molecule has 116 valence electrons. The molecule has 0 radical (unpaired) electrons. The average molecular weight is 307 g/mol. The van der Waals surface area contributed by atoms with Gasteiger partial charge >= 0.3 is 0 Å². The van der Waals surface area contributed by atoms with Gasteiger partial charge in [0.25, 0.3) is 0 Å². The van der Waals surface area contributed by atoms with E-state index in [4.69, 9.17) is 17.0 Å². The number of thiocarbonyl (C=S) groups is 1. The third-order valence-corrected chi connectivity index (χ3v) is 4.10. The highest BCUT2D eigenvalue weighted by Gasteiger charge is 2.28. The summed E-state index contributed by atoms with van der Waals surface area (Å²) in [5.41, 5.74) is 2.32. The number of nitrogens with zero attached hydrogens (tertiary/aromatic N) is 1. The van der Waals surface area contributed by atoms with Gasteiger partial charge in [0.2, 0.25) is 0 Å². The molecule has 21 heavy (non-hydrogen) atoms. The van der Waals surface area contributed by atoms with E-state index < -0.39 is 0 Å². The Bertz CT molecular complexity index is 467. The summed E-state index contributed by atoms with van der Waals surface area (Å²) in [5, 5.41) is 7.21. The average Bonchev–Trinajstić information content (AvgIpc) is 2.49. The Labute approximate surface area is 132 Å². The van der Waals surface area contributed by atoms with E-state index in [0.717, 1.165) is 38.5 Å². The summed E-state index contributed by atoms with van der Waals surface area (Å²) >= 11 is 5.37. The highest BCUT2D eigenvalue weighted by molar-refractivity contribution is 7.80. The first-order chi connectivity index (χ1) is 9.97. The number of hydrogen-bond donors (Lipinski definition) is 2. The van der Waals surface area contributed by atoms with Crippen LogP contribution >= 0.6 is 12.2 Å². The summed E-state index contributed by atoms with van der Waals surface area (Å²) in [7, 11) is 0. The molecule has 4 nitrogen and oxygen atoms in total. The number of benzene rings is 1. The van der Waals surface area contributed by atoms with Crippen LogP contribution in [0.15, 0.2) is 24.3 Å². The summed E-state index contributed by atoms with van der Waals surface area (Å²) < 4.78 is 5.41. The fourth-order valence-electron chi connectivity index (χ4n) is 2.39. The zero-order valence-corrected chi connectivity index (χ0v) is 13.9. The van der Waals surface area contributed by atoms with Crippen molar-refractivity contribution >= 4 is 23.0 Å². The molecule has 5 heteroatoms. The molecule has 1 fully saturated rings. The molecular formula is C16H25N3OS. The minimum Gasteiger partial charge on any atom is -0.379 e. The molecular weight excluding hydrogens is 282 g/mol. The topological polar surface area (TPSA) is 36.5 Å². The second-order valence-electron chi connectivity index (χ2n) is 6.09. The Hall–Kier alpha value is -1.17. The maximum Gasteiger partial charge on any atom is 0.170 e. The normalized spacial score (nSPS) is 16.5. The van der Waals surface area contributed by atoms with Crippen molar-refractivity contribution in [2.45, 2.75) is 26.3 Å². The van der Waals surface area contributed by atoms with Gasteiger partial charge in [0.1, 0.15) is 0 Å². The maximum atomic E-state index is 5.41. The van der Waals surface area contributed by atoms with Crippen molar-refractivity contribution < 1.29 is 4.74 Å². The quantitative estimate of drug-likeness (QED) is 0.836. The van der Waals surface area contributed by atoms with E-state index >= 15 is 0 Å². The van der Waals surface area contributed by atoms with Crippen LogP contribution in [0.5, 0.6) is 0 Å². The van der Waals surface area contributed by atoms with Crippen LogP contribution < -0.4 is 10.6 Å². The lowest BCUT2D eigenvalue weighted by molar-refractivity contribution is -0.00823. The van der Waals surface area contributed by atoms with Crippen LogP contribution in [0.4, 0.5) is 5.69 Å². The van der Waals surface area contributed by atoms with Gasteiger partial charge in [-0.15, -0.1) is 0 Å². The lowest BCUT2D eigenvalue weighted by Crippen LogP contribution is -2.55. The van der Waals surface area contributed by atoms with Gasteiger partial charge in [0, 0.05) is 30.9 Å². The summed E-state index contributed by atoms with van der Waals surface area (Å²) in [6.07, 6.45) is 0. The number of ether oxygens (including phenoxy) is 1.